The molecule has 3 heteroatoms. The lowest BCUT2D eigenvalue weighted by molar-refractivity contribution is 0.724. The molecular formula is C20H25N3. The van der Waals surface area contributed by atoms with Crippen molar-refractivity contribution in [3.8, 4) is 0 Å². The van der Waals surface area contributed by atoms with Gasteiger partial charge in [0.25, 0.3) is 0 Å². The van der Waals surface area contributed by atoms with Gasteiger partial charge in [0.15, 0.2) is 0 Å². The average Bonchev–Trinajstić information content (AvgIpc) is 2.56. The summed E-state index contributed by atoms with van der Waals surface area (Å²) in [6.45, 7) is 6.42. The summed E-state index contributed by atoms with van der Waals surface area (Å²) in [7, 11) is 3.77. The minimum atomic E-state index is -0.187. The van der Waals surface area contributed by atoms with Crippen LogP contribution in [-0.4, -0.2) is 26.0 Å². The molecule has 0 fully saturated rings. The molecule has 120 valence electrons. The highest BCUT2D eigenvalue weighted by Gasteiger charge is 2.25. The Hall–Kier alpha value is -2.42. The number of rotatable bonds is 5. The molecule has 2 aromatic rings. The molecular weight excluding hydrogens is 282 g/mol. The van der Waals surface area contributed by atoms with Crippen molar-refractivity contribution in [1.82, 2.24) is 0 Å². The molecule has 0 unspecified atom stereocenters. The third-order valence-corrected chi connectivity index (χ3v) is 4.14. The molecule has 0 spiro atoms. The molecule has 0 N–H and O–H groups in total. The number of aryl methyl sites for hydroxylation is 1. The van der Waals surface area contributed by atoms with Crippen molar-refractivity contribution in [1.29, 1.82) is 0 Å². The van der Waals surface area contributed by atoms with Crippen LogP contribution in [0.15, 0.2) is 64.7 Å². The van der Waals surface area contributed by atoms with Gasteiger partial charge in [0.1, 0.15) is 0 Å². The Morgan fingerprint density at radius 2 is 1.61 bits per heavy atom. The molecule has 0 heterocycles. The van der Waals surface area contributed by atoms with Crippen LogP contribution in [0.4, 0.5) is 5.69 Å². The number of anilines is 1. The predicted octanol–water partition coefficient (Wildman–Crippen LogP) is 4.47. The zero-order valence-corrected chi connectivity index (χ0v) is 14.6. The second-order valence-electron chi connectivity index (χ2n) is 6.20. The van der Waals surface area contributed by atoms with E-state index in [1.807, 2.05) is 31.4 Å². The number of aliphatic imine (C=N–C) groups is 1. The molecule has 0 amide bonds. The molecule has 2 rings (SSSR count). The topological polar surface area (TPSA) is 28.0 Å². The maximum atomic E-state index is 4.56. The summed E-state index contributed by atoms with van der Waals surface area (Å²) in [5, 5.41) is 6.43. The van der Waals surface area contributed by atoms with Crippen LogP contribution >= 0.6 is 0 Å². The van der Waals surface area contributed by atoms with Gasteiger partial charge in [0.2, 0.25) is 0 Å². The number of benzene rings is 2. The SMILES string of the molecule is CN=C(/C=N/N(C)c1ccc(C)cc1)C(C)(C)c1ccccc1. The Kier molecular flexibility index (Phi) is 5.32. The number of hydrazone groups is 1. The van der Waals surface area contributed by atoms with Crippen LogP contribution in [0.3, 0.4) is 0 Å². The van der Waals surface area contributed by atoms with Gasteiger partial charge in [-0.05, 0) is 24.6 Å². The Bertz CT molecular complexity index is 683. The first-order valence-electron chi connectivity index (χ1n) is 7.82. The molecule has 0 bridgehead atoms. The number of nitrogens with zero attached hydrogens (tertiary/aromatic N) is 3. The molecule has 3 nitrogen and oxygen atoms in total. The Balaban J connectivity index is 2.20. The number of hydrogen-bond acceptors (Lipinski definition) is 3. The minimum Gasteiger partial charge on any atom is -0.290 e. The second-order valence-corrected chi connectivity index (χ2v) is 6.20. The van der Waals surface area contributed by atoms with E-state index in [1.165, 1.54) is 11.1 Å². The van der Waals surface area contributed by atoms with E-state index >= 15 is 0 Å². The molecule has 0 aliphatic carbocycles. The van der Waals surface area contributed by atoms with Crippen molar-refractivity contribution in [2.75, 3.05) is 19.1 Å². The van der Waals surface area contributed by atoms with Gasteiger partial charge in [0.05, 0.1) is 17.6 Å². The van der Waals surface area contributed by atoms with Gasteiger partial charge in [-0.25, -0.2) is 0 Å². The van der Waals surface area contributed by atoms with Crippen molar-refractivity contribution in [2.45, 2.75) is 26.2 Å². The van der Waals surface area contributed by atoms with Crippen LogP contribution in [0.2, 0.25) is 0 Å². The Morgan fingerprint density at radius 3 is 2.17 bits per heavy atom. The van der Waals surface area contributed by atoms with E-state index in [9.17, 15) is 0 Å². The van der Waals surface area contributed by atoms with E-state index in [0.717, 1.165) is 11.4 Å². The van der Waals surface area contributed by atoms with E-state index in [1.54, 1.807) is 0 Å². The Labute approximate surface area is 139 Å². The maximum Gasteiger partial charge on any atom is 0.0694 e. The summed E-state index contributed by atoms with van der Waals surface area (Å²) >= 11 is 0. The summed E-state index contributed by atoms with van der Waals surface area (Å²) in [6, 6.07) is 18.7. The molecule has 0 saturated heterocycles. The molecule has 0 aliphatic rings. The molecule has 23 heavy (non-hydrogen) atoms. The molecule has 0 radical (unpaired) electrons. The first kappa shape index (κ1) is 16.9. The number of hydrogen-bond donors (Lipinski definition) is 0. The van der Waals surface area contributed by atoms with Crippen LogP contribution in [0, 0.1) is 6.92 Å². The largest absolute Gasteiger partial charge is 0.290 e. The maximum absolute atomic E-state index is 4.56. The average molecular weight is 307 g/mol. The van der Waals surface area contributed by atoms with Gasteiger partial charge < -0.3 is 0 Å². The van der Waals surface area contributed by atoms with Crippen LogP contribution in [-0.2, 0) is 5.41 Å². The lowest BCUT2D eigenvalue weighted by atomic mass is 9.80. The smallest absolute Gasteiger partial charge is 0.0694 e. The fourth-order valence-corrected chi connectivity index (χ4v) is 2.47. The van der Waals surface area contributed by atoms with Crippen molar-refractivity contribution < 1.29 is 0 Å². The van der Waals surface area contributed by atoms with E-state index < -0.39 is 0 Å². The standard InChI is InChI=1S/C20H25N3/c1-16-11-13-18(14-12-16)23(5)22-15-19(21-4)20(2,3)17-9-7-6-8-10-17/h6-15H,1-5H3/b21-19?,22-15+. The van der Waals surface area contributed by atoms with Gasteiger partial charge >= 0.3 is 0 Å². The van der Waals surface area contributed by atoms with Crippen molar-refractivity contribution >= 4 is 17.6 Å². The van der Waals surface area contributed by atoms with E-state index in [4.69, 9.17) is 0 Å². The van der Waals surface area contributed by atoms with Gasteiger partial charge in [0, 0.05) is 19.5 Å². The lowest BCUT2D eigenvalue weighted by Crippen LogP contribution is -2.31. The van der Waals surface area contributed by atoms with E-state index in [-0.39, 0.29) is 5.41 Å². The molecule has 0 saturated carbocycles. The highest BCUT2D eigenvalue weighted by Crippen LogP contribution is 2.24. The van der Waals surface area contributed by atoms with Gasteiger partial charge in [-0.1, -0.05) is 61.9 Å². The van der Waals surface area contributed by atoms with Crippen molar-refractivity contribution in [2.24, 2.45) is 10.1 Å². The van der Waals surface area contributed by atoms with Gasteiger partial charge in [-0.2, -0.15) is 5.10 Å². The molecule has 0 aliphatic heterocycles. The summed E-state index contributed by atoms with van der Waals surface area (Å²) in [6.07, 6.45) is 1.85. The summed E-state index contributed by atoms with van der Waals surface area (Å²) in [5.41, 5.74) is 4.29. The summed E-state index contributed by atoms with van der Waals surface area (Å²) in [4.78, 5) is 4.46. The highest BCUT2D eigenvalue weighted by molar-refractivity contribution is 6.34. The summed E-state index contributed by atoms with van der Waals surface area (Å²) in [5.74, 6) is 0. The third kappa shape index (κ3) is 4.07. The molecule has 2 aromatic carbocycles. The fourth-order valence-electron chi connectivity index (χ4n) is 2.47. The highest BCUT2D eigenvalue weighted by atomic mass is 15.4. The summed E-state index contributed by atoms with van der Waals surface area (Å²) < 4.78 is 0. The van der Waals surface area contributed by atoms with E-state index in [0.29, 0.717) is 0 Å². The van der Waals surface area contributed by atoms with Gasteiger partial charge in [-0.15, -0.1) is 0 Å². The minimum absolute atomic E-state index is 0.187. The quantitative estimate of drug-likeness (QED) is 0.592. The Morgan fingerprint density at radius 1 is 1.00 bits per heavy atom. The zero-order valence-electron chi connectivity index (χ0n) is 14.6. The van der Waals surface area contributed by atoms with Crippen molar-refractivity contribution in [3.63, 3.8) is 0 Å². The van der Waals surface area contributed by atoms with Crippen LogP contribution < -0.4 is 5.01 Å². The normalized spacial score (nSPS) is 12.7. The van der Waals surface area contributed by atoms with Crippen LogP contribution in [0.5, 0.6) is 0 Å². The third-order valence-electron chi connectivity index (χ3n) is 4.14. The van der Waals surface area contributed by atoms with E-state index in [2.05, 4.69) is 79.4 Å². The predicted molar refractivity (Wildman–Crippen MR) is 101 cm³/mol. The second kappa shape index (κ2) is 7.23. The van der Waals surface area contributed by atoms with Crippen LogP contribution in [0.1, 0.15) is 25.0 Å². The van der Waals surface area contributed by atoms with Gasteiger partial charge in [-0.3, -0.25) is 10.0 Å². The van der Waals surface area contributed by atoms with Crippen molar-refractivity contribution in [3.05, 3.63) is 65.7 Å². The fraction of sp³-hybridized carbons (Fsp3) is 0.300. The lowest BCUT2D eigenvalue weighted by Gasteiger charge is -2.25. The molecule has 0 atom stereocenters. The first-order chi connectivity index (χ1) is 10.9. The monoisotopic (exact) mass is 307 g/mol. The zero-order chi connectivity index (χ0) is 16.9. The first-order valence-corrected chi connectivity index (χ1v) is 7.82. The van der Waals surface area contributed by atoms with Crippen LogP contribution in [0.25, 0.3) is 0 Å². The molecule has 0 aromatic heterocycles.